The second-order valence-corrected chi connectivity index (χ2v) is 4.86. The van der Waals surface area contributed by atoms with Crippen LogP contribution in [0.3, 0.4) is 0 Å². The molecule has 0 bridgehead atoms. The van der Waals surface area contributed by atoms with Crippen LogP contribution in [0.1, 0.15) is 30.9 Å². The topological polar surface area (TPSA) is 77.8 Å². The van der Waals surface area contributed by atoms with Gasteiger partial charge in [-0.3, -0.25) is 4.79 Å². The molecular weight excluding hydrogens is 265 g/mol. The van der Waals surface area contributed by atoms with E-state index in [4.69, 9.17) is 5.11 Å². The molecular formula is C14H16FNO4. The molecule has 0 spiro atoms. The maximum atomic E-state index is 13.0. The predicted octanol–water partition coefficient (Wildman–Crippen LogP) is 1.32. The molecule has 1 aromatic carbocycles. The fraction of sp³-hybridized carbons (Fsp3) is 0.429. The van der Waals surface area contributed by atoms with Gasteiger partial charge in [-0.25, -0.2) is 9.18 Å². The minimum Gasteiger partial charge on any atom is -0.480 e. The molecule has 1 unspecified atom stereocenters. The summed E-state index contributed by atoms with van der Waals surface area (Å²) in [5.74, 6) is -1.94. The van der Waals surface area contributed by atoms with Gasteiger partial charge in [-0.2, -0.15) is 0 Å². The van der Waals surface area contributed by atoms with E-state index in [1.807, 2.05) is 0 Å². The zero-order valence-corrected chi connectivity index (χ0v) is 10.8. The molecule has 2 rings (SSSR count). The highest BCUT2D eigenvalue weighted by molar-refractivity contribution is 5.84. The molecule has 0 aliphatic carbocycles. The van der Waals surface area contributed by atoms with E-state index in [0.717, 1.165) is 6.07 Å². The highest BCUT2D eigenvalue weighted by Gasteiger charge is 2.34. The number of likely N-dealkylation sites (tertiary alicyclic amines) is 1. The summed E-state index contributed by atoms with van der Waals surface area (Å²) in [5, 5.41) is 19.0. The second kappa shape index (κ2) is 6.00. The molecule has 0 radical (unpaired) electrons. The third-order valence-corrected chi connectivity index (χ3v) is 3.46. The van der Waals surface area contributed by atoms with Gasteiger partial charge < -0.3 is 15.1 Å². The molecule has 2 N–H and O–H groups in total. The first kappa shape index (κ1) is 14.5. The second-order valence-electron chi connectivity index (χ2n) is 4.86. The minimum absolute atomic E-state index is 0.243. The first-order valence-corrected chi connectivity index (χ1v) is 6.45. The van der Waals surface area contributed by atoms with Crippen molar-refractivity contribution in [2.24, 2.45) is 0 Å². The number of halogens is 1. The first-order valence-electron chi connectivity index (χ1n) is 6.45. The summed E-state index contributed by atoms with van der Waals surface area (Å²) in [7, 11) is 0. The minimum atomic E-state index is -1.13. The van der Waals surface area contributed by atoms with Crippen molar-refractivity contribution in [1.82, 2.24) is 4.90 Å². The number of carboxylic acids is 1. The van der Waals surface area contributed by atoms with Crippen molar-refractivity contribution in [2.75, 3.05) is 6.54 Å². The van der Waals surface area contributed by atoms with E-state index in [1.165, 1.54) is 23.1 Å². The number of nitrogens with zero attached hydrogens (tertiary/aromatic N) is 1. The summed E-state index contributed by atoms with van der Waals surface area (Å²) in [5.41, 5.74) is 0.310. The van der Waals surface area contributed by atoms with Gasteiger partial charge in [0.25, 0.3) is 0 Å². The van der Waals surface area contributed by atoms with Gasteiger partial charge in [-0.05, 0) is 30.5 Å². The number of aliphatic hydroxyl groups is 1. The Morgan fingerprint density at radius 1 is 1.45 bits per heavy atom. The molecule has 108 valence electrons. The normalized spacial score (nSPS) is 19.9. The Morgan fingerprint density at radius 3 is 2.85 bits per heavy atom. The monoisotopic (exact) mass is 281 g/mol. The van der Waals surface area contributed by atoms with Crippen LogP contribution < -0.4 is 0 Å². The lowest BCUT2D eigenvalue weighted by Crippen LogP contribution is -2.40. The van der Waals surface area contributed by atoms with E-state index in [0.29, 0.717) is 24.9 Å². The number of aliphatic carboxylic acids is 1. The Balaban J connectivity index is 2.02. The van der Waals surface area contributed by atoms with Crippen molar-refractivity contribution in [1.29, 1.82) is 0 Å². The summed E-state index contributed by atoms with van der Waals surface area (Å²) in [6.07, 6.45) is -0.309. The molecule has 1 aromatic rings. The highest BCUT2D eigenvalue weighted by atomic mass is 19.1. The molecule has 2 atom stereocenters. The van der Waals surface area contributed by atoms with Gasteiger partial charge in [0, 0.05) is 6.54 Å². The SMILES string of the molecule is O=C(O)[C@H]1CCCN1C(=O)CC(O)c1cccc(F)c1. The quantitative estimate of drug-likeness (QED) is 0.872. The average molecular weight is 281 g/mol. The number of carboxylic acid groups (broad SMARTS) is 1. The van der Waals surface area contributed by atoms with E-state index in [-0.39, 0.29) is 6.42 Å². The number of carbonyl (C=O) groups excluding carboxylic acids is 1. The number of aliphatic hydroxyl groups excluding tert-OH is 1. The van der Waals surface area contributed by atoms with Crippen molar-refractivity contribution < 1.29 is 24.2 Å². The summed E-state index contributed by atoms with van der Waals surface area (Å²) in [6, 6.07) is 4.57. The Morgan fingerprint density at radius 2 is 2.20 bits per heavy atom. The van der Waals surface area contributed by atoms with E-state index in [2.05, 4.69) is 0 Å². The summed E-state index contributed by atoms with van der Waals surface area (Å²) in [6.45, 7) is 0.381. The van der Waals surface area contributed by atoms with Crippen LogP contribution in [0, 0.1) is 5.82 Å². The van der Waals surface area contributed by atoms with Crippen LogP contribution >= 0.6 is 0 Å². The molecule has 20 heavy (non-hydrogen) atoms. The maximum Gasteiger partial charge on any atom is 0.326 e. The van der Waals surface area contributed by atoms with Crippen molar-refractivity contribution in [3.05, 3.63) is 35.6 Å². The van der Waals surface area contributed by atoms with Crippen LogP contribution in [0.25, 0.3) is 0 Å². The number of hydrogen-bond donors (Lipinski definition) is 2. The van der Waals surface area contributed by atoms with E-state index in [9.17, 15) is 19.1 Å². The third-order valence-electron chi connectivity index (χ3n) is 3.46. The number of benzene rings is 1. The van der Waals surface area contributed by atoms with Gasteiger partial charge >= 0.3 is 5.97 Å². The van der Waals surface area contributed by atoms with Gasteiger partial charge in [0.2, 0.25) is 5.91 Å². The van der Waals surface area contributed by atoms with Crippen molar-refractivity contribution in [3.8, 4) is 0 Å². The molecule has 1 saturated heterocycles. The van der Waals surface area contributed by atoms with Gasteiger partial charge in [0.1, 0.15) is 11.9 Å². The molecule has 1 fully saturated rings. The fourth-order valence-corrected chi connectivity index (χ4v) is 2.44. The molecule has 5 nitrogen and oxygen atoms in total. The van der Waals surface area contributed by atoms with Crippen LogP contribution in [0.2, 0.25) is 0 Å². The molecule has 1 amide bonds. The number of rotatable bonds is 4. The van der Waals surface area contributed by atoms with Crippen LogP contribution in [-0.4, -0.2) is 39.6 Å². The Bertz CT molecular complexity index is 520. The molecule has 1 heterocycles. The smallest absolute Gasteiger partial charge is 0.326 e. The van der Waals surface area contributed by atoms with Crippen molar-refractivity contribution in [2.45, 2.75) is 31.4 Å². The third kappa shape index (κ3) is 3.14. The Kier molecular flexibility index (Phi) is 4.34. The lowest BCUT2D eigenvalue weighted by atomic mass is 10.1. The molecule has 1 aliphatic heterocycles. The Labute approximate surface area is 115 Å². The number of amides is 1. The van der Waals surface area contributed by atoms with Gasteiger partial charge in [0.05, 0.1) is 12.5 Å². The zero-order valence-electron chi connectivity index (χ0n) is 10.8. The Hall–Kier alpha value is -1.95. The van der Waals surface area contributed by atoms with Crippen molar-refractivity contribution >= 4 is 11.9 Å². The lowest BCUT2D eigenvalue weighted by molar-refractivity contribution is -0.149. The largest absolute Gasteiger partial charge is 0.480 e. The number of hydrogen-bond acceptors (Lipinski definition) is 3. The molecule has 0 saturated carbocycles. The maximum absolute atomic E-state index is 13.0. The zero-order chi connectivity index (χ0) is 14.7. The van der Waals surface area contributed by atoms with E-state index in [1.54, 1.807) is 0 Å². The van der Waals surface area contributed by atoms with Crippen LogP contribution in [0.5, 0.6) is 0 Å². The summed E-state index contributed by atoms with van der Waals surface area (Å²) >= 11 is 0. The number of carbonyl (C=O) groups is 2. The molecule has 1 aliphatic rings. The van der Waals surface area contributed by atoms with Crippen LogP contribution in [0.4, 0.5) is 4.39 Å². The van der Waals surface area contributed by atoms with Gasteiger partial charge in [-0.1, -0.05) is 12.1 Å². The van der Waals surface area contributed by atoms with E-state index < -0.39 is 29.8 Å². The highest BCUT2D eigenvalue weighted by Crippen LogP contribution is 2.23. The van der Waals surface area contributed by atoms with Crippen LogP contribution in [0.15, 0.2) is 24.3 Å². The molecule has 6 heteroatoms. The van der Waals surface area contributed by atoms with E-state index >= 15 is 0 Å². The summed E-state index contributed by atoms with van der Waals surface area (Å²) < 4.78 is 13.0. The average Bonchev–Trinajstić information content (AvgIpc) is 2.88. The summed E-state index contributed by atoms with van der Waals surface area (Å²) in [4.78, 5) is 24.3. The lowest BCUT2D eigenvalue weighted by Gasteiger charge is -2.22. The first-order chi connectivity index (χ1) is 9.49. The van der Waals surface area contributed by atoms with Gasteiger partial charge in [-0.15, -0.1) is 0 Å². The van der Waals surface area contributed by atoms with Crippen molar-refractivity contribution in [3.63, 3.8) is 0 Å². The fourth-order valence-electron chi connectivity index (χ4n) is 2.44. The van der Waals surface area contributed by atoms with Crippen LogP contribution in [-0.2, 0) is 9.59 Å². The molecule has 0 aromatic heterocycles. The van der Waals surface area contributed by atoms with Gasteiger partial charge in [0.15, 0.2) is 0 Å². The standard InChI is InChI=1S/C14H16FNO4/c15-10-4-1-3-9(7-10)12(17)8-13(18)16-6-2-5-11(16)14(19)20/h1,3-4,7,11-12,17H,2,5-6,8H2,(H,19,20)/t11-,12?/m1/s1. The predicted molar refractivity (Wildman–Crippen MR) is 68.3 cm³/mol.